The number of benzene rings is 1. The lowest BCUT2D eigenvalue weighted by atomic mass is 10.1. The van der Waals surface area contributed by atoms with E-state index >= 15 is 0 Å². The molecule has 104 valence electrons. The normalized spacial score (nSPS) is 10.3. The van der Waals surface area contributed by atoms with Gasteiger partial charge < -0.3 is 22.5 Å². The Bertz CT molecular complexity index is 543. The van der Waals surface area contributed by atoms with Gasteiger partial charge in [-0.05, 0) is 38.5 Å². The van der Waals surface area contributed by atoms with Crippen molar-refractivity contribution in [3.05, 3.63) is 35.5 Å². The average Bonchev–Trinajstić information content (AvgIpc) is 2.35. The highest BCUT2D eigenvalue weighted by molar-refractivity contribution is 5.91. The number of ether oxygens (including phenoxy) is 1. The van der Waals surface area contributed by atoms with Gasteiger partial charge in [0.1, 0.15) is 0 Å². The lowest BCUT2D eigenvalue weighted by Gasteiger charge is -2.11. The zero-order chi connectivity index (χ0) is 13.0. The van der Waals surface area contributed by atoms with E-state index < -0.39 is 0 Å². The maximum atomic E-state index is 5.06. The van der Waals surface area contributed by atoms with Crippen LogP contribution in [-0.4, -0.2) is 25.2 Å². The van der Waals surface area contributed by atoms with Crippen molar-refractivity contribution in [2.24, 2.45) is 0 Å². The number of hydrogen-bond acceptors (Lipinski definition) is 3. The van der Waals surface area contributed by atoms with Crippen molar-refractivity contribution in [3.8, 4) is 0 Å². The second-order valence-corrected chi connectivity index (χ2v) is 4.60. The van der Waals surface area contributed by atoms with Crippen molar-refractivity contribution in [3.63, 3.8) is 0 Å². The first-order valence-corrected chi connectivity index (χ1v) is 6.31. The molecule has 0 saturated carbocycles. The number of anilines is 1. The van der Waals surface area contributed by atoms with Crippen molar-refractivity contribution < 1.29 is 17.1 Å². The zero-order valence-electron chi connectivity index (χ0n) is 11.7. The molecule has 2 aromatic rings. The van der Waals surface area contributed by atoms with Gasteiger partial charge in [0.2, 0.25) is 0 Å². The summed E-state index contributed by atoms with van der Waals surface area (Å²) >= 11 is 0. The molecular formula is C15H20ClN2O-. The van der Waals surface area contributed by atoms with E-state index in [2.05, 4.69) is 41.5 Å². The highest BCUT2D eigenvalue weighted by Crippen LogP contribution is 2.24. The molecule has 1 heterocycles. The van der Waals surface area contributed by atoms with Gasteiger partial charge in [0.25, 0.3) is 0 Å². The van der Waals surface area contributed by atoms with Gasteiger partial charge >= 0.3 is 0 Å². The van der Waals surface area contributed by atoms with E-state index in [1.807, 2.05) is 6.92 Å². The molecule has 0 fully saturated rings. The summed E-state index contributed by atoms with van der Waals surface area (Å²) in [5.41, 5.74) is 4.51. The average molecular weight is 280 g/mol. The number of aromatic nitrogens is 1. The van der Waals surface area contributed by atoms with Crippen LogP contribution in [0.25, 0.3) is 10.9 Å². The molecule has 19 heavy (non-hydrogen) atoms. The SMILES string of the molecule is COCCCNc1cc(C)nc2ccc(C)cc12.[Cl-]. The van der Waals surface area contributed by atoms with Crippen LogP contribution in [0.3, 0.4) is 0 Å². The lowest BCUT2D eigenvalue weighted by Crippen LogP contribution is -3.00. The molecule has 0 radical (unpaired) electrons. The van der Waals surface area contributed by atoms with Crippen molar-refractivity contribution in [2.75, 3.05) is 25.6 Å². The second kappa shape index (κ2) is 7.31. The fraction of sp³-hybridized carbons (Fsp3) is 0.400. The molecule has 1 aromatic heterocycles. The smallest absolute Gasteiger partial charge is 0.0726 e. The van der Waals surface area contributed by atoms with Crippen LogP contribution in [-0.2, 0) is 4.74 Å². The number of aryl methyl sites for hydroxylation is 2. The maximum absolute atomic E-state index is 5.06. The largest absolute Gasteiger partial charge is 1.00 e. The quantitative estimate of drug-likeness (QED) is 0.800. The minimum absolute atomic E-state index is 0. The topological polar surface area (TPSA) is 34.1 Å². The number of nitrogens with one attached hydrogen (secondary N) is 1. The van der Waals surface area contributed by atoms with E-state index in [1.54, 1.807) is 7.11 Å². The van der Waals surface area contributed by atoms with Gasteiger partial charge in [-0.25, -0.2) is 0 Å². The third-order valence-electron chi connectivity index (χ3n) is 2.93. The summed E-state index contributed by atoms with van der Waals surface area (Å²) in [7, 11) is 1.73. The van der Waals surface area contributed by atoms with Crippen LogP contribution in [0.1, 0.15) is 17.7 Å². The highest BCUT2D eigenvalue weighted by atomic mass is 35.5. The van der Waals surface area contributed by atoms with Crippen LogP contribution in [0.4, 0.5) is 5.69 Å². The first kappa shape index (κ1) is 15.7. The highest BCUT2D eigenvalue weighted by Gasteiger charge is 2.03. The molecule has 0 aliphatic carbocycles. The molecule has 0 spiro atoms. The number of hydrogen-bond donors (Lipinski definition) is 1. The predicted octanol–water partition coefficient (Wildman–Crippen LogP) is 0.304. The standard InChI is InChI=1S/C15H20N2O.ClH/c1-11-5-6-14-13(9-11)15(10-12(2)17-14)16-7-4-8-18-3;/h5-6,9-10H,4,7-8H2,1-3H3,(H,16,17);1H/p-1. The van der Waals surface area contributed by atoms with E-state index in [9.17, 15) is 0 Å². The molecule has 0 unspecified atom stereocenters. The van der Waals surface area contributed by atoms with Gasteiger partial charge in [0.15, 0.2) is 0 Å². The van der Waals surface area contributed by atoms with Crippen LogP contribution >= 0.6 is 0 Å². The van der Waals surface area contributed by atoms with Gasteiger partial charge in [-0.3, -0.25) is 4.98 Å². The molecule has 0 saturated heterocycles. The fourth-order valence-electron chi connectivity index (χ4n) is 2.06. The molecule has 2 rings (SSSR count). The molecule has 0 atom stereocenters. The second-order valence-electron chi connectivity index (χ2n) is 4.60. The van der Waals surface area contributed by atoms with E-state index in [-0.39, 0.29) is 12.4 Å². The number of fused-ring (bicyclic) bond motifs is 1. The number of rotatable bonds is 5. The van der Waals surface area contributed by atoms with Crippen molar-refractivity contribution >= 4 is 16.6 Å². The lowest BCUT2D eigenvalue weighted by molar-refractivity contribution is -0.00000428. The molecule has 0 aliphatic rings. The van der Waals surface area contributed by atoms with E-state index in [0.717, 1.165) is 36.5 Å². The Morgan fingerprint density at radius 3 is 2.74 bits per heavy atom. The summed E-state index contributed by atoms with van der Waals surface area (Å²) in [5, 5.41) is 4.66. The molecule has 3 nitrogen and oxygen atoms in total. The number of pyridine rings is 1. The molecule has 1 N–H and O–H groups in total. The Labute approximate surface area is 120 Å². The fourth-order valence-corrected chi connectivity index (χ4v) is 2.06. The minimum Gasteiger partial charge on any atom is -1.00 e. The summed E-state index contributed by atoms with van der Waals surface area (Å²) in [4.78, 5) is 4.56. The predicted molar refractivity (Wildman–Crippen MR) is 76.2 cm³/mol. The van der Waals surface area contributed by atoms with E-state index in [4.69, 9.17) is 4.74 Å². The van der Waals surface area contributed by atoms with Gasteiger partial charge in [-0.15, -0.1) is 0 Å². The summed E-state index contributed by atoms with van der Waals surface area (Å²) in [6.45, 7) is 5.84. The van der Waals surface area contributed by atoms with Crippen molar-refractivity contribution in [2.45, 2.75) is 20.3 Å². The van der Waals surface area contributed by atoms with E-state index in [1.165, 1.54) is 10.9 Å². The third kappa shape index (κ3) is 4.08. The van der Waals surface area contributed by atoms with Gasteiger partial charge in [0.05, 0.1) is 5.52 Å². The molecule has 4 heteroatoms. The Kier molecular flexibility index (Phi) is 6.06. The molecule has 0 amide bonds. The first-order valence-electron chi connectivity index (χ1n) is 6.31. The summed E-state index contributed by atoms with van der Waals surface area (Å²) in [6.07, 6.45) is 1.01. The van der Waals surface area contributed by atoms with Crippen molar-refractivity contribution in [1.82, 2.24) is 4.98 Å². The summed E-state index contributed by atoms with van der Waals surface area (Å²) < 4.78 is 5.06. The van der Waals surface area contributed by atoms with Gasteiger partial charge in [0, 0.05) is 37.0 Å². The first-order chi connectivity index (χ1) is 8.70. The molecular weight excluding hydrogens is 260 g/mol. The Morgan fingerprint density at radius 1 is 1.21 bits per heavy atom. The van der Waals surface area contributed by atoms with Crippen molar-refractivity contribution in [1.29, 1.82) is 0 Å². The van der Waals surface area contributed by atoms with Crippen LogP contribution in [0.2, 0.25) is 0 Å². The molecule has 0 bridgehead atoms. The Hall–Kier alpha value is -1.32. The summed E-state index contributed by atoms with van der Waals surface area (Å²) in [6, 6.07) is 8.47. The maximum Gasteiger partial charge on any atom is 0.0726 e. The molecule has 1 aromatic carbocycles. The minimum atomic E-state index is 0. The number of methoxy groups -OCH3 is 1. The summed E-state index contributed by atoms with van der Waals surface area (Å²) in [5.74, 6) is 0. The number of nitrogens with zero attached hydrogens (tertiary/aromatic N) is 1. The van der Waals surface area contributed by atoms with Crippen LogP contribution in [0, 0.1) is 13.8 Å². The van der Waals surface area contributed by atoms with Gasteiger partial charge in [-0.1, -0.05) is 11.6 Å². The third-order valence-corrected chi connectivity index (χ3v) is 2.93. The van der Waals surface area contributed by atoms with Crippen LogP contribution in [0.5, 0.6) is 0 Å². The van der Waals surface area contributed by atoms with E-state index in [0.29, 0.717) is 0 Å². The van der Waals surface area contributed by atoms with Gasteiger partial charge in [-0.2, -0.15) is 0 Å². The van der Waals surface area contributed by atoms with Crippen LogP contribution < -0.4 is 17.7 Å². The monoisotopic (exact) mass is 279 g/mol. The zero-order valence-corrected chi connectivity index (χ0v) is 12.4. The Morgan fingerprint density at radius 2 is 2.00 bits per heavy atom. The number of halogens is 1. The molecule has 0 aliphatic heterocycles. The van der Waals surface area contributed by atoms with Crippen LogP contribution in [0.15, 0.2) is 24.3 Å². The Balaban J connectivity index is 0.00000180.